The lowest BCUT2D eigenvalue weighted by molar-refractivity contribution is 0.0153. The number of nitrogens with one attached hydrogen (secondary N) is 2. The van der Waals surface area contributed by atoms with Crippen LogP contribution in [-0.2, 0) is 16.1 Å². The minimum absolute atomic E-state index is 0.321. The highest BCUT2D eigenvalue weighted by atomic mass is 16.5. The zero-order valence-corrected chi connectivity index (χ0v) is 19.2. The Bertz CT molecular complexity index is 586. The van der Waals surface area contributed by atoms with Crippen molar-refractivity contribution >= 4 is 6.09 Å². The molecule has 0 aliphatic heterocycles. The fourth-order valence-electron chi connectivity index (χ4n) is 4.02. The molecule has 2 N–H and O–H groups in total. The van der Waals surface area contributed by atoms with Gasteiger partial charge >= 0.3 is 6.09 Å². The number of carbonyl (C=O) groups is 1. The van der Waals surface area contributed by atoms with Gasteiger partial charge in [-0.25, -0.2) is 4.79 Å². The molecule has 5 nitrogen and oxygen atoms in total. The minimum Gasteiger partial charge on any atom is -0.445 e. The number of carbonyl (C=O) groups excluding carboxylic acids is 1. The molecule has 0 saturated heterocycles. The van der Waals surface area contributed by atoms with Crippen molar-refractivity contribution in [3.05, 3.63) is 48.6 Å². The molecule has 1 aliphatic rings. The largest absolute Gasteiger partial charge is 0.445 e. The van der Waals surface area contributed by atoms with E-state index in [0.717, 1.165) is 50.9 Å². The van der Waals surface area contributed by atoms with E-state index in [0.29, 0.717) is 25.2 Å². The summed E-state index contributed by atoms with van der Waals surface area (Å²) >= 11 is 0. The second-order valence-electron chi connectivity index (χ2n) is 8.53. The fourth-order valence-corrected chi connectivity index (χ4v) is 4.02. The number of benzene rings is 1. The molecule has 31 heavy (non-hydrogen) atoms. The molecular weight excluding hydrogens is 388 g/mol. The highest BCUT2D eigenvalue weighted by Crippen LogP contribution is 2.28. The van der Waals surface area contributed by atoms with E-state index in [1.807, 2.05) is 36.4 Å². The van der Waals surface area contributed by atoms with Crippen molar-refractivity contribution in [2.45, 2.75) is 76.9 Å². The van der Waals surface area contributed by atoms with Gasteiger partial charge < -0.3 is 20.1 Å². The quantitative estimate of drug-likeness (QED) is 0.265. The highest BCUT2D eigenvalue weighted by molar-refractivity contribution is 5.67. The van der Waals surface area contributed by atoms with Crippen LogP contribution in [0.15, 0.2) is 43.0 Å². The van der Waals surface area contributed by atoms with Crippen molar-refractivity contribution in [3.63, 3.8) is 0 Å². The third kappa shape index (κ3) is 12.6. The zero-order valence-electron chi connectivity index (χ0n) is 19.2. The van der Waals surface area contributed by atoms with Crippen LogP contribution in [0.4, 0.5) is 4.79 Å². The molecule has 1 aliphatic carbocycles. The molecule has 1 amide bonds. The van der Waals surface area contributed by atoms with Gasteiger partial charge in [0.15, 0.2) is 0 Å². The van der Waals surface area contributed by atoms with E-state index in [2.05, 4.69) is 17.2 Å². The third-order valence-corrected chi connectivity index (χ3v) is 5.96. The number of amides is 1. The minimum atomic E-state index is -0.326. The fraction of sp³-hybridized carbons (Fsp3) is 0.654. The number of rotatable bonds is 16. The molecule has 2 rings (SSSR count). The van der Waals surface area contributed by atoms with Crippen LogP contribution in [0.3, 0.4) is 0 Å². The van der Waals surface area contributed by atoms with Gasteiger partial charge in [-0.2, -0.15) is 0 Å². The van der Waals surface area contributed by atoms with E-state index in [1.54, 1.807) is 0 Å². The van der Waals surface area contributed by atoms with Crippen LogP contribution in [0.25, 0.3) is 0 Å². The Hall–Kier alpha value is -1.85. The van der Waals surface area contributed by atoms with Gasteiger partial charge in [-0.3, -0.25) is 0 Å². The predicted octanol–water partition coefficient (Wildman–Crippen LogP) is 5.60. The van der Waals surface area contributed by atoms with Crippen LogP contribution in [0, 0.1) is 5.92 Å². The molecule has 0 radical (unpaired) electrons. The highest BCUT2D eigenvalue weighted by Gasteiger charge is 2.21. The molecule has 5 heteroatoms. The monoisotopic (exact) mass is 430 g/mol. The Labute approximate surface area is 189 Å². The van der Waals surface area contributed by atoms with Crippen molar-refractivity contribution in [3.8, 4) is 0 Å². The van der Waals surface area contributed by atoms with Crippen molar-refractivity contribution in [1.29, 1.82) is 0 Å². The molecule has 0 unspecified atom stereocenters. The summed E-state index contributed by atoms with van der Waals surface area (Å²) in [5.74, 6) is 0.683. The van der Waals surface area contributed by atoms with E-state index in [1.165, 1.54) is 38.5 Å². The Morgan fingerprint density at radius 2 is 1.77 bits per heavy atom. The van der Waals surface area contributed by atoms with Crippen LogP contribution in [0.5, 0.6) is 0 Å². The topological polar surface area (TPSA) is 59.6 Å². The summed E-state index contributed by atoms with van der Waals surface area (Å²) in [6, 6.07) is 9.76. The second kappa shape index (κ2) is 16.8. The zero-order chi connectivity index (χ0) is 22.0. The number of hydrogen-bond donors (Lipinski definition) is 2. The molecule has 0 atom stereocenters. The summed E-state index contributed by atoms with van der Waals surface area (Å²) in [7, 11) is 0. The molecule has 174 valence electrons. The first-order chi connectivity index (χ1) is 15.3. The van der Waals surface area contributed by atoms with Gasteiger partial charge in [0.05, 0.1) is 6.10 Å². The summed E-state index contributed by atoms with van der Waals surface area (Å²) in [6.45, 7) is 7.79. The standard InChI is InChI=1S/C26H42N2O3/c1-2-3-18-27-19-9-4-5-10-21-30-25-15-13-23(14-16-25)17-20-28-26(29)31-22-24-11-7-6-8-12-24/h2,6-8,11-12,23,25,27H,1,3-5,9-10,13-22H2,(H,28,29). The summed E-state index contributed by atoms with van der Waals surface area (Å²) in [4.78, 5) is 11.8. The van der Waals surface area contributed by atoms with Crippen LogP contribution in [0.1, 0.15) is 69.8 Å². The van der Waals surface area contributed by atoms with E-state index < -0.39 is 0 Å². The van der Waals surface area contributed by atoms with Crippen LogP contribution in [-0.4, -0.2) is 38.4 Å². The lowest BCUT2D eigenvalue weighted by Crippen LogP contribution is -2.28. The number of unbranched alkanes of at least 4 members (excludes halogenated alkanes) is 3. The van der Waals surface area contributed by atoms with Gasteiger partial charge in [-0.15, -0.1) is 6.58 Å². The van der Waals surface area contributed by atoms with E-state index in [4.69, 9.17) is 9.47 Å². The Balaban J connectivity index is 1.39. The van der Waals surface area contributed by atoms with Gasteiger partial charge in [-0.05, 0) is 75.9 Å². The SMILES string of the molecule is C=CCCNCCCCCCOC1CCC(CCNC(=O)OCc2ccccc2)CC1. The molecule has 0 spiro atoms. The third-order valence-electron chi connectivity index (χ3n) is 5.96. The molecule has 0 aromatic heterocycles. The van der Waals surface area contributed by atoms with Gasteiger partial charge in [0.1, 0.15) is 6.61 Å². The predicted molar refractivity (Wildman–Crippen MR) is 127 cm³/mol. The van der Waals surface area contributed by atoms with Gasteiger partial charge in [-0.1, -0.05) is 49.2 Å². The summed E-state index contributed by atoms with van der Waals surface area (Å²) < 4.78 is 11.3. The van der Waals surface area contributed by atoms with Crippen molar-refractivity contribution in [2.75, 3.05) is 26.2 Å². The van der Waals surface area contributed by atoms with Crippen molar-refractivity contribution in [2.24, 2.45) is 5.92 Å². The normalized spacial score (nSPS) is 18.5. The Morgan fingerprint density at radius 3 is 2.55 bits per heavy atom. The number of hydrogen-bond acceptors (Lipinski definition) is 4. The average molecular weight is 431 g/mol. The first-order valence-electron chi connectivity index (χ1n) is 12.2. The molecule has 1 saturated carbocycles. The molecule has 0 bridgehead atoms. The summed E-state index contributed by atoms with van der Waals surface area (Å²) in [5.41, 5.74) is 1.01. The summed E-state index contributed by atoms with van der Waals surface area (Å²) in [5, 5.41) is 6.32. The van der Waals surface area contributed by atoms with Crippen LogP contribution in [0.2, 0.25) is 0 Å². The maximum Gasteiger partial charge on any atom is 0.407 e. The molecule has 1 fully saturated rings. The Kier molecular flexibility index (Phi) is 13.8. The van der Waals surface area contributed by atoms with Crippen molar-refractivity contribution in [1.82, 2.24) is 10.6 Å². The summed E-state index contributed by atoms with van der Waals surface area (Å²) in [6.07, 6.45) is 13.8. The van der Waals surface area contributed by atoms with Gasteiger partial charge in [0.25, 0.3) is 0 Å². The first-order valence-corrected chi connectivity index (χ1v) is 12.2. The van der Waals surface area contributed by atoms with Gasteiger partial charge in [0, 0.05) is 13.2 Å². The smallest absolute Gasteiger partial charge is 0.407 e. The van der Waals surface area contributed by atoms with Crippen LogP contribution < -0.4 is 10.6 Å². The average Bonchev–Trinajstić information content (AvgIpc) is 2.80. The van der Waals surface area contributed by atoms with Gasteiger partial charge in [0.2, 0.25) is 0 Å². The molecule has 1 aromatic rings. The number of alkyl carbamates (subject to hydrolysis) is 1. The molecule has 0 heterocycles. The first kappa shape index (κ1) is 25.4. The molecular formula is C26H42N2O3. The number of ether oxygens (including phenoxy) is 2. The van der Waals surface area contributed by atoms with E-state index in [9.17, 15) is 4.79 Å². The van der Waals surface area contributed by atoms with E-state index in [-0.39, 0.29) is 6.09 Å². The van der Waals surface area contributed by atoms with E-state index >= 15 is 0 Å². The Morgan fingerprint density at radius 1 is 1.00 bits per heavy atom. The maximum absolute atomic E-state index is 11.8. The molecule has 1 aromatic carbocycles. The lowest BCUT2D eigenvalue weighted by atomic mass is 9.85. The maximum atomic E-state index is 11.8. The second-order valence-corrected chi connectivity index (χ2v) is 8.53. The van der Waals surface area contributed by atoms with Crippen molar-refractivity contribution < 1.29 is 14.3 Å². The van der Waals surface area contributed by atoms with Crippen LogP contribution >= 0.6 is 0 Å². The lowest BCUT2D eigenvalue weighted by Gasteiger charge is -2.28.